The zero-order chi connectivity index (χ0) is 12.3. The molecule has 3 N–H and O–H groups in total. The van der Waals surface area contributed by atoms with Crippen molar-refractivity contribution in [1.82, 2.24) is 5.43 Å². The second kappa shape index (κ2) is 5.65. The molecule has 1 aliphatic carbocycles. The van der Waals surface area contributed by atoms with Gasteiger partial charge in [0.1, 0.15) is 0 Å². The van der Waals surface area contributed by atoms with Crippen molar-refractivity contribution < 1.29 is 0 Å². The second-order valence-electron chi connectivity index (χ2n) is 5.31. The summed E-state index contributed by atoms with van der Waals surface area (Å²) >= 11 is 0. The van der Waals surface area contributed by atoms with E-state index in [2.05, 4.69) is 43.5 Å². The highest BCUT2D eigenvalue weighted by Gasteiger charge is 2.31. The van der Waals surface area contributed by atoms with E-state index >= 15 is 0 Å². The summed E-state index contributed by atoms with van der Waals surface area (Å²) in [4.78, 5) is 0. The predicted octanol–water partition coefficient (Wildman–Crippen LogP) is 3.19. The zero-order valence-corrected chi connectivity index (χ0v) is 10.9. The Balaban J connectivity index is 2.16. The molecule has 94 valence electrons. The van der Waals surface area contributed by atoms with E-state index in [4.69, 9.17) is 5.84 Å². The number of hydrogen-bond donors (Lipinski definition) is 2. The number of aryl methyl sites for hydroxylation is 1. The molecule has 1 aromatic rings. The van der Waals surface area contributed by atoms with Crippen LogP contribution >= 0.6 is 0 Å². The maximum absolute atomic E-state index is 5.77. The molecule has 1 saturated carbocycles. The van der Waals surface area contributed by atoms with E-state index in [0.29, 0.717) is 12.0 Å². The van der Waals surface area contributed by atoms with Crippen LogP contribution in [-0.2, 0) is 6.42 Å². The van der Waals surface area contributed by atoms with Gasteiger partial charge >= 0.3 is 0 Å². The topological polar surface area (TPSA) is 38.0 Å². The van der Waals surface area contributed by atoms with Crippen LogP contribution in [0.5, 0.6) is 0 Å². The Morgan fingerprint density at radius 2 is 2.00 bits per heavy atom. The average Bonchev–Trinajstić information content (AvgIpc) is 2.78. The predicted molar refractivity (Wildman–Crippen MR) is 72.4 cm³/mol. The number of hydrogen-bond acceptors (Lipinski definition) is 2. The molecule has 2 heteroatoms. The average molecular weight is 232 g/mol. The summed E-state index contributed by atoms with van der Waals surface area (Å²) in [6, 6.07) is 9.22. The molecule has 0 aliphatic heterocycles. The number of hydrazine groups is 1. The quantitative estimate of drug-likeness (QED) is 0.618. The first-order chi connectivity index (χ1) is 8.26. The van der Waals surface area contributed by atoms with Crippen LogP contribution in [0.1, 0.15) is 50.3 Å². The molecule has 3 atom stereocenters. The van der Waals surface area contributed by atoms with Crippen molar-refractivity contribution in [2.24, 2.45) is 17.7 Å². The lowest BCUT2D eigenvalue weighted by molar-refractivity contribution is 0.304. The zero-order valence-electron chi connectivity index (χ0n) is 10.9. The molecule has 0 saturated heterocycles. The van der Waals surface area contributed by atoms with E-state index in [1.807, 2.05) is 0 Å². The number of benzene rings is 1. The van der Waals surface area contributed by atoms with Gasteiger partial charge in [0.25, 0.3) is 0 Å². The lowest BCUT2D eigenvalue weighted by atomic mass is 9.86. The Morgan fingerprint density at radius 3 is 2.47 bits per heavy atom. The molecule has 17 heavy (non-hydrogen) atoms. The van der Waals surface area contributed by atoms with Crippen LogP contribution < -0.4 is 11.3 Å². The van der Waals surface area contributed by atoms with Gasteiger partial charge < -0.3 is 0 Å². The van der Waals surface area contributed by atoms with E-state index < -0.39 is 0 Å². The minimum atomic E-state index is 0.318. The maximum Gasteiger partial charge on any atom is 0.0490 e. The van der Waals surface area contributed by atoms with Crippen LogP contribution in [0.3, 0.4) is 0 Å². The first-order valence-corrected chi connectivity index (χ1v) is 6.81. The van der Waals surface area contributed by atoms with Crippen molar-refractivity contribution in [3.8, 4) is 0 Å². The maximum atomic E-state index is 5.77. The summed E-state index contributed by atoms with van der Waals surface area (Å²) in [6.07, 6.45) is 5.08. The van der Waals surface area contributed by atoms with Crippen molar-refractivity contribution >= 4 is 0 Å². The van der Waals surface area contributed by atoms with Crippen LogP contribution in [0.4, 0.5) is 0 Å². The molecule has 3 unspecified atom stereocenters. The summed E-state index contributed by atoms with van der Waals surface area (Å²) in [5.41, 5.74) is 5.76. The van der Waals surface area contributed by atoms with Crippen LogP contribution in [0.15, 0.2) is 24.3 Å². The molecule has 0 spiro atoms. The van der Waals surface area contributed by atoms with Crippen molar-refractivity contribution in [3.05, 3.63) is 35.4 Å². The standard InChI is InChI=1S/C15H24N2/c1-3-12-7-9-13(10-8-12)15(17-16)14-6-4-5-11(14)2/h7-11,14-15,17H,3-6,16H2,1-2H3. The molecule has 0 aromatic heterocycles. The lowest BCUT2D eigenvalue weighted by Gasteiger charge is -2.26. The molecule has 0 radical (unpaired) electrons. The van der Waals surface area contributed by atoms with Crippen molar-refractivity contribution in [2.45, 2.75) is 45.6 Å². The molecule has 2 rings (SSSR count). The van der Waals surface area contributed by atoms with Gasteiger partial charge in [-0.1, -0.05) is 51.0 Å². The van der Waals surface area contributed by atoms with E-state index in [0.717, 1.165) is 12.3 Å². The monoisotopic (exact) mass is 232 g/mol. The normalized spacial score (nSPS) is 26.1. The Kier molecular flexibility index (Phi) is 4.19. The summed E-state index contributed by atoms with van der Waals surface area (Å²) in [7, 11) is 0. The molecule has 0 bridgehead atoms. The van der Waals surface area contributed by atoms with E-state index in [1.165, 1.54) is 30.4 Å². The first-order valence-electron chi connectivity index (χ1n) is 6.81. The first kappa shape index (κ1) is 12.6. The van der Waals surface area contributed by atoms with Crippen molar-refractivity contribution in [1.29, 1.82) is 0 Å². The highest BCUT2D eigenvalue weighted by atomic mass is 15.2. The molecule has 1 aromatic carbocycles. The fourth-order valence-corrected chi connectivity index (χ4v) is 3.10. The van der Waals surface area contributed by atoms with Gasteiger partial charge in [0.05, 0.1) is 0 Å². The highest BCUT2D eigenvalue weighted by molar-refractivity contribution is 5.25. The number of nitrogens with one attached hydrogen (secondary N) is 1. The Bertz CT molecular complexity index is 344. The molecule has 1 aliphatic rings. The fourth-order valence-electron chi connectivity index (χ4n) is 3.10. The van der Waals surface area contributed by atoms with Crippen LogP contribution in [0.2, 0.25) is 0 Å². The van der Waals surface area contributed by atoms with Gasteiger partial charge in [-0.05, 0) is 35.8 Å². The van der Waals surface area contributed by atoms with Gasteiger partial charge in [0.2, 0.25) is 0 Å². The number of nitrogens with two attached hydrogens (primary N) is 1. The smallest absolute Gasteiger partial charge is 0.0490 e. The summed E-state index contributed by atoms with van der Waals surface area (Å²) in [5, 5.41) is 0. The van der Waals surface area contributed by atoms with Crippen molar-refractivity contribution in [3.63, 3.8) is 0 Å². The summed E-state index contributed by atoms with van der Waals surface area (Å²) in [6.45, 7) is 4.54. The number of rotatable bonds is 4. The van der Waals surface area contributed by atoms with Gasteiger partial charge in [-0.3, -0.25) is 11.3 Å². The summed E-state index contributed by atoms with van der Waals surface area (Å²) in [5.74, 6) is 7.23. The third-order valence-electron chi connectivity index (χ3n) is 4.28. The van der Waals surface area contributed by atoms with Gasteiger partial charge in [0.15, 0.2) is 0 Å². The Labute approximate surface area is 105 Å². The third-order valence-corrected chi connectivity index (χ3v) is 4.28. The van der Waals surface area contributed by atoms with Gasteiger partial charge in [-0.2, -0.15) is 0 Å². The summed E-state index contributed by atoms with van der Waals surface area (Å²) < 4.78 is 0. The Morgan fingerprint density at radius 1 is 1.29 bits per heavy atom. The fraction of sp³-hybridized carbons (Fsp3) is 0.600. The minimum absolute atomic E-state index is 0.318. The van der Waals surface area contributed by atoms with Gasteiger partial charge in [-0.25, -0.2) is 0 Å². The van der Waals surface area contributed by atoms with E-state index in [-0.39, 0.29) is 0 Å². The third kappa shape index (κ3) is 2.70. The Hall–Kier alpha value is -0.860. The molecule has 2 nitrogen and oxygen atoms in total. The van der Waals surface area contributed by atoms with Gasteiger partial charge in [0, 0.05) is 6.04 Å². The van der Waals surface area contributed by atoms with E-state index in [1.54, 1.807) is 0 Å². The second-order valence-corrected chi connectivity index (χ2v) is 5.31. The SMILES string of the molecule is CCc1ccc(C(NN)C2CCCC2C)cc1. The minimum Gasteiger partial charge on any atom is -0.271 e. The van der Waals surface area contributed by atoms with Crippen LogP contribution in [0, 0.1) is 11.8 Å². The molecule has 0 amide bonds. The van der Waals surface area contributed by atoms with Crippen LogP contribution in [0.25, 0.3) is 0 Å². The van der Waals surface area contributed by atoms with Crippen LogP contribution in [-0.4, -0.2) is 0 Å². The van der Waals surface area contributed by atoms with E-state index in [9.17, 15) is 0 Å². The highest BCUT2D eigenvalue weighted by Crippen LogP contribution is 2.39. The van der Waals surface area contributed by atoms with Crippen molar-refractivity contribution in [2.75, 3.05) is 0 Å². The molecule has 0 heterocycles. The molecule has 1 fully saturated rings. The molecular formula is C15H24N2. The lowest BCUT2D eigenvalue weighted by Crippen LogP contribution is -2.34. The van der Waals surface area contributed by atoms with Gasteiger partial charge in [-0.15, -0.1) is 0 Å². The molecular weight excluding hydrogens is 208 g/mol. The largest absolute Gasteiger partial charge is 0.271 e.